The van der Waals surface area contributed by atoms with Crippen molar-refractivity contribution in [3.05, 3.63) is 45.3 Å². The first kappa shape index (κ1) is 16.6. The number of nitrogens with one attached hydrogen (secondary N) is 1. The highest BCUT2D eigenvalue weighted by Gasteiger charge is 2.20. The van der Waals surface area contributed by atoms with Gasteiger partial charge in [0.15, 0.2) is 0 Å². The first-order chi connectivity index (χ1) is 10.9. The predicted molar refractivity (Wildman–Crippen MR) is 86.7 cm³/mol. The quantitative estimate of drug-likeness (QED) is 0.513. The van der Waals surface area contributed by atoms with Crippen LogP contribution in [0.3, 0.4) is 0 Å². The number of amides is 1. The monoisotopic (exact) mass is 334 g/mol. The normalized spacial score (nSPS) is 10.2. The van der Waals surface area contributed by atoms with Gasteiger partial charge in [-0.1, -0.05) is 12.1 Å². The second-order valence-electron chi connectivity index (χ2n) is 4.56. The van der Waals surface area contributed by atoms with Crippen LogP contribution < -0.4 is 5.32 Å². The summed E-state index contributed by atoms with van der Waals surface area (Å²) in [7, 11) is 0. The molecule has 1 amide bonds. The number of thiophene rings is 1. The van der Waals surface area contributed by atoms with E-state index in [1.165, 1.54) is 19.1 Å². The third-order valence-electron chi connectivity index (χ3n) is 2.85. The second kappa shape index (κ2) is 7.01. The number of anilines is 1. The number of carbonyl (C=O) groups is 2. The van der Waals surface area contributed by atoms with Gasteiger partial charge in [-0.05, 0) is 18.6 Å². The number of nitro benzene ring substituents is 1. The van der Waals surface area contributed by atoms with Gasteiger partial charge in [0, 0.05) is 23.9 Å². The van der Waals surface area contributed by atoms with Crippen LogP contribution in [0.2, 0.25) is 0 Å². The van der Waals surface area contributed by atoms with Gasteiger partial charge in [-0.15, -0.1) is 11.3 Å². The zero-order chi connectivity index (χ0) is 17.0. The molecule has 1 heterocycles. The lowest BCUT2D eigenvalue weighted by Crippen LogP contribution is -2.10. The molecule has 0 spiro atoms. The van der Waals surface area contributed by atoms with Crippen molar-refractivity contribution in [1.29, 1.82) is 0 Å². The minimum Gasteiger partial charge on any atom is -0.462 e. The summed E-state index contributed by atoms with van der Waals surface area (Å²) in [5, 5.41) is 13.5. The number of non-ortho nitro benzene ring substituents is 1. The van der Waals surface area contributed by atoms with E-state index in [0.29, 0.717) is 16.1 Å². The van der Waals surface area contributed by atoms with Crippen LogP contribution in [0.5, 0.6) is 0 Å². The van der Waals surface area contributed by atoms with Crippen LogP contribution in [-0.2, 0) is 9.53 Å². The lowest BCUT2D eigenvalue weighted by Gasteiger charge is -2.03. The molecule has 1 aromatic heterocycles. The molecule has 1 aromatic carbocycles. The van der Waals surface area contributed by atoms with Crippen molar-refractivity contribution in [3.63, 3.8) is 0 Å². The van der Waals surface area contributed by atoms with Gasteiger partial charge in [0.25, 0.3) is 5.69 Å². The summed E-state index contributed by atoms with van der Waals surface area (Å²) in [6, 6.07) is 7.68. The van der Waals surface area contributed by atoms with E-state index in [1.807, 2.05) is 0 Å². The van der Waals surface area contributed by atoms with Gasteiger partial charge in [-0.2, -0.15) is 0 Å². The molecule has 0 aliphatic rings. The molecule has 0 unspecified atom stereocenters. The number of hydrogen-bond acceptors (Lipinski definition) is 6. The van der Waals surface area contributed by atoms with Crippen molar-refractivity contribution >= 4 is 34.6 Å². The molecule has 1 N–H and O–H groups in total. The van der Waals surface area contributed by atoms with Gasteiger partial charge in [0.05, 0.1) is 17.2 Å². The van der Waals surface area contributed by atoms with Crippen LogP contribution in [0.1, 0.15) is 23.5 Å². The Labute approximate surface area is 136 Å². The molecule has 7 nitrogen and oxygen atoms in total. The molecule has 0 saturated carbocycles. The Bertz CT molecular complexity index is 769. The Hall–Kier alpha value is -2.74. The largest absolute Gasteiger partial charge is 0.462 e. The van der Waals surface area contributed by atoms with Crippen LogP contribution in [0.25, 0.3) is 10.4 Å². The molecule has 0 radical (unpaired) electrons. The number of carbonyl (C=O) groups excluding carboxylic acids is 2. The molecule has 0 bridgehead atoms. The van der Waals surface area contributed by atoms with E-state index in [0.717, 1.165) is 11.3 Å². The molecular weight excluding hydrogens is 320 g/mol. The minimum absolute atomic E-state index is 0.0466. The molecule has 0 aliphatic heterocycles. The molecule has 120 valence electrons. The molecule has 0 fully saturated rings. The van der Waals surface area contributed by atoms with Crippen LogP contribution in [-0.4, -0.2) is 23.4 Å². The highest BCUT2D eigenvalue weighted by atomic mass is 32.1. The van der Waals surface area contributed by atoms with E-state index in [-0.39, 0.29) is 23.1 Å². The van der Waals surface area contributed by atoms with E-state index in [2.05, 4.69) is 5.32 Å². The highest BCUT2D eigenvalue weighted by molar-refractivity contribution is 7.18. The Morgan fingerprint density at radius 2 is 2.09 bits per heavy atom. The van der Waals surface area contributed by atoms with Crippen molar-refractivity contribution in [2.75, 3.05) is 11.9 Å². The summed E-state index contributed by atoms with van der Waals surface area (Å²) in [5.74, 6) is -0.864. The predicted octanol–water partition coefficient (Wildman–Crippen LogP) is 3.46. The first-order valence-corrected chi connectivity index (χ1v) is 7.57. The number of ether oxygens (including phenoxy) is 1. The number of hydrogen-bond donors (Lipinski definition) is 1. The fraction of sp³-hybridized carbons (Fsp3) is 0.200. The topological polar surface area (TPSA) is 98.5 Å². The third kappa shape index (κ3) is 3.92. The number of esters is 1. The lowest BCUT2D eigenvalue weighted by atomic mass is 10.1. The molecule has 0 atom stereocenters. The summed E-state index contributed by atoms with van der Waals surface area (Å²) < 4.78 is 4.97. The van der Waals surface area contributed by atoms with Crippen molar-refractivity contribution in [2.24, 2.45) is 0 Å². The first-order valence-electron chi connectivity index (χ1n) is 6.75. The van der Waals surface area contributed by atoms with Crippen molar-refractivity contribution in [2.45, 2.75) is 13.8 Å². The van der Waals surface area contributed by atoms with Gasteiger partial charge >= 0.3 is 5.97 Å². The standard InChI is InChI=1S/C15H14N2O5S/c1-3-22-15(19)14-12(16-9(2)18)8-13(23-14)10-5-4-6-11(7-10)17(20)21/h4-8H,3H2,1-2H3,(H,16,18). The lowest BCUT2D eigenvalue weighted by molar-refractivity contribution is -0.384. The summed E-state index contributed by atoms with van der Waals surface area (Å²) in [4.78, 5) is 34.5. The summed E-state index contributed by atoms with van der Waals surface area (Å²) >= 11 is 1.11. The van der Waals surface area contributed by atoms with Gasteiger partial charge in [0.2, 0.25) is 5.91 Å². The number of rotatable bonds is 5. The van der Waals surface area contributed by atoms with E-state index in [1.54, 1.807) is 25.1 Å². The van der Waals surface area contributed by atoms with Crippen LogP contribution in [0.4, 0.5) is 11.4 Å². The Balaban J connectivity index is 2.47. The molecule has 2 aromatic rings. The molecule has 2 rings (SSSR count). The van der Waals surface area contributed by atoms with Gasteiger partial charge in [-0.3, -0.25) is 14.9 Å². The van der Waals surface area contributed by atoms with Crippen LogP contribution in [0.15, 0.2) is 30.3 Å². The van der Waals surface area contributed by atoms with Crippen LogP contribution in [0, 0.1) is 10.1 Å². The molecule has 23 heavy (non-hydrogen) atoms. The maximum absolute atomic E-state index is 12.0. The highest BCUT2D eigenvalue weighted by Crippen LogP contribution is 2.36. The van der Waals surface area contributed by atoms with E-state index >= 15 is 0 Å². The van der Waals surface area contributed by atoms with Gasteiger partial charge in [0.1, 0.15) is 4.88 Å². The molecular formula is C15H14N2O5S. The van der Waals surface area contributed by atoms with Gasteiger partial charge in [-0.25, -0.2) is 4.79 Å². The SMILES string of the molecule is CCOC(=O)c1sc(-c2cccc([N+](=O)[O-])c2)cc1NC(C)=O. The van der Waals surface area contributed by atoms with Crippen molar-refractivity contribution < 1.29 is 19.2 Å². The zero-order valence-electron chi connectivity index (χ0n) is 12.5. The molecule has 0 saturated heterocycles. The fourth-order valence-electron chi connectivity index (χ4n) is 1.94. The Morgan fingerprint density at radius 3 is 2.70 bits per heavy atom. The maximum Gasteiger partial charge on any atom is 0.350 e. The fourth-order valence-corrected chi connectivity index (χ4v) is 2.94. The van der Waals surface area contributed by atoms with E-state index < -0.39 is 10.9 Å². The number of nitro groups is 1. The van der Waals surface area contributed by atoms with E-state index in [9.17, 15) is 19.7 Å². The maximum atomic E-state index is 12.0. The Kier molecular flexibility index (Phi) is 5.07. The summed E-state index contributed by atoms with van der Waals surface area (Å²) in [6.07, 6.45) is 0. The summed E-state index contributed by atoms with van der Waals surface area (Å²) in [5.41, 5.74) is 0.878. The van der Waals surface area contributed by atoms with Gasteiger partial charge < -0.3 is 10.1 Å². The number of nitrogens with zero attached hydrogens (tertiary/aromatic N) is 1. The van der Waals surface area contributed by atoms with E-state index in [4.69, 9.17) is 4.74 Å². The summed E-state index contributed by atoms with van der Waals surface area (Å²) in [6.45, 7) is 3.23. The molecule has 0 aliphatic carbocycles. The average Bonchev–Trinajstić information content (AvgIpc) is 2.91. The third-order valence-corrected chi connectivity index (χ3v) is 4.01. The van der Waals surface area contributed by atoms with Crippen molar-refractivity contribution in [1.82, 2.24) is 0 Å². The Morgan fingerprint density at radius 1 is 1.35 bits per heavy atom. The smallest absolute Gasteiger partial charge is 0.350 e. The van der Waals surface area contributed by atoms with Crippen LogP contribution >= 0.6 is 11.3 Å². The second-order valence-corrected chi connectivity index (χ2v) is 5.61. The molecule has 8 heteroatoms. The average molecular weight is 334 g/mol. The zero-order valence-corrected chi connectivity index (χ0v) is 13.3. The number of benzene rings is 1. The minimum atomic E-state index is -0.544. The van der Waals surface area contributed by atoms with Crippen molar-refractivity contribution in [3.8, 4) is 10.4 Å².